The van der Waals surface area contributed by atoms with Crippen molar-refractivity contribution in [1.29, 1.82) is 0 Å². The first-order chi connectivity index (χ1) is 2.64. The molecule has 4 heteroatoms. The summed E-state index contributed by atoms with van der Waals surface area (Å²) in [6, 6.07) is 0. The van der Waals surface area contributed by atoms with Gasteiger partial charge in [-0.15, -0.1) is 0 Å². The predicted molar refractivity (Wildman–Crippen MR) is 28.9 cm³/mol. The Kier molecular flexibility index (Phi) is 13.6. The Morgan fingerprint density at radius 2 is 1.75 bits per heavy atom. The summed E-state index contributed by atoms with van der Waals surface area (Å²) >= 11 is 0. The second kappa shape index (κ2) is 6.94. The molecule has 0 spiro atoms. The van der Waals surface area contributed by atoms with Crippen molar-refractivity contribution in [3.8, 4) is 0 Å². The van der Waals surface area contributed by atoms with E-state index in [1.54, 1.807) is 0 Å². The van der Waals surface area contributed by atoms with Gasteiger partial charge < -0.3 is 10.6 Å². The van der Waals surface area contributed by atoms with E-state index in [4.69, 9.17) is 5.11 Å². The van der Waals surface area contributed by atoms with Crippen molar-refractivity contribution in [3.63, 3.8) is 0 Å². The van der Waals surface area contributed by atoms with E-state index >= 15 is 0 Å². The van der Waals surface area contributed by atoms with Crippen LogP contribution in [0.4, 0.5) is 0 Å². The second-order valence-electron chi connectivity index (χ2n) is 1.09. The third kappa shape index (κ3) is 9.34. The third-order valence-corrected chi connectivity index (χ3v) is 0.365. The van der Waals surface area contributed by atoms with Gasteiger partial charge >= 0.3 is 29.0 Å². The molecule has 0 aromatic rings. The molecule has 0 aliphatic heterocycles. The van der Waals surface area contributed by atoms with Crippen molar-refractivity contribution in [3.05, 3.63) is 12.2 Å². The molecule has 8 heavy (non-hydrogen) atoms. The molecule has 0 aromatic carbocycles. The fraction of sp³-hybridized carbons (Fsp3) is 0.250. The molecule has 0 saturated carbocycles. The Morgan fingerprint density at radius 3 is 1.75 bits per heavy atom. The molecule has 1 N–H and O–H groups in total. The van der Waals surface area contributed by atoms with E-state index in [1.165, 1.54) is 6.92 Å². The van der Waals surface area contributed by atoms with Crippen LogP contribution in [0.5, 0.6) is 0 Å². The molecular weight excluding hydrogens is 120 g/mol. The molecule has 0 saturated heterocycles. The summed E-state index contributed by atoms with van der Waals surface area (Å²) in [6.07, 6.45) is 0. The van der Waals surface area contributed by atoms with E-state index in [2.05, 4.69) is 6.58 Å². The summed E-state index contributed by atoms with van der Waals surface area (Å²) in [7, 11) is 0. The summed E-state index contributed by atoms with van der Waals surface area (Å²) in [5.74, 6) is -0.935. The van der Waals surface area contributed by atoms with Crippen molar-refractivity contribution in [2.75, 3.05) is 0 Å². The maximum Gasteiger partial charge on any atom is 2.00 e. The fourth-order valence-corrected chi connectivity index (χ4v) is 0. The molecule has 0 atom stereocenters. The smallest absolute Gasteiger partial charge is 2.00 e. The van der Waals surface area contributed by atoms with Gasteiger partial charge in [-0.2, -0.15) is 0 Å². The predicted octanol–water partition coefficient (Wildman–Crippen LogP) is 0.147. The van der Waals surface area contributed by atoms with Crippen LogP contribution in [0.1, 0.15) is 6.92 Å². The van der Waals surface area contributed by atoms with Crippen molar-refractivity contribution >= 4 is 29.0 Å². The van der Waals surface area contributed by atoms with E-state index in [1.807, 2.05) is 0 Å². The fourth-order valence-electron chi connectivity index (χ4n) is 0. The molecular formula is C4H6MgO3. The van der Waals surface area contributed by atoms with Crippen LogP contribution >= 0.6 is 0 Å². The van der Waals surface area contributed by atoms with Crippen LogP contribution in [0.25, 0.3) is 0 Å². The maximum absolute atomic E-state index is 9.60. The first-order valence-electron chi connectivity index (χ1n) is 1.53. The van der Waals surface area contributed by atoms with E-state index in [0.717, 1.165) is 0 Å². The summed E-state index contributed by atoms with van der Waals surface area (Å²) in [5, 5.41) is 7.89. The molecule has 0 bridgehead atoms. The average molecular weight is 126 g/mol. The van der Waals surface area contributed by atoms with Crippen molar-refractivity contribution in [2.45, 2.75) is 6.92 Å². The first-order valence-corrected chi connectivity index (χ1v) is 1.53. The minimum atomic E-state index is -0.935. The van der Waals surface area contributed by atoms with Gasteiger partial charge in [0.05, 0.1) is 0 Å². The minimum Gasteiger partial charge on any atom is -2.00 e. The summed E-state index contributed by atoms with van der Waals surface area (Å²) < 4.78 is 0. The summed E-state index contributed by atoms with van der Waals surface area (Å²) in [5.41, 5.74) is 0.176. The number of carboxylic acid groups (broad SMARTS) is 1. The Hall–Kier alpha value is -0.0638. The van der Waals surface area contributed by atoms with Crippen LogP contribution in [0.2, 0.25) is 0 Å². The zero-order valence-electron chi connectivity index (χ0n) is 4.68. The molecule has 3 nitrogen and oxygen atoms in total. The number of hydrogen-bond acceptors (Lipinski definition) is 1. The zero-order chi connectivity index (χ0) is 5.15. The number of aliphatic carboxylic acids is 1. The average Bonchev–Trinajstić information content (AvgIpc) is 1.36. The van der Waals surface area contributed by atoms with Gasteiger partial charge in [0.25, 0.3) is 0 Å². The molecule has 0 unspecified atom stereocenters. The molecule has 0 aromatic heterocycles. The van der Waals surface area contributed by atoms with Crippen molar-refractivity contribution in [1.82, 2.24) is 0 Å². The van der Waals surface area contributed by atoms with Gasteiger partial charge in [0, 0.05) is 5.57 Å². The van der Waals surface area contributed by atoms with E-state index in [9.17, 15) is 4.79 Å². The molecule has 0 radical (unpaired) electrons. The van der Waals surface area contributed by atoms with Gasteiger partial charge in [0.1, 0.15) is 0 Å². The molecule has 0 amide bonds. The molecule has 0 heterocycles. The normalized spacial score (nSPS) is 5.62. The standard InChI is InChI=1S/C4H6O2.Mg.O/c1-3(2)4(5)6;;/h1H2,2H3,(H,5,6);;/q;+2;-2. The Labute approximate surface area is 63.9 Å². The molecule has 0 aliphatic rings. The topological polar surface area (TPSA) is 65.8 Å². The van der Waals surface area contributed by atoms with Crippen LogP contribution in [0.3, 0.4) is 0 Å². The summed E-state index contributed by atoms with van der Waals surface area (Å²) in [6.45, 7) is 4.60. The monoisotopic (exact) mass is 126 g/mol. The van der Waals surface area contributed by atoms with Gasteiger partial charge in [0.15, 0.2) is 0 Å². The van der Waals surface area contributed by atoms with Crippen LogP contribution in [-0.4, -0.2) is 34.1 Å². The van der Waals surface area contributed by atoms with E-state index < -0.39 is 5.97 Å². The van der Waals surface area contributed by atoms with Crippen molar-refractivity contribution in [2.24, 2.45) is 0 Å². The Morgan fingerprint density at radius 1 is 1.62 bits per heavy atom. The van der Waals surface area contributed by atoms with Gasteiger partial charge in [-0.3, -0.25) is 0 Å². The number of hydrogen-bond donors (Lipinski definition) is 1. The first kappa shape index (κ1) is 15.7. The Balaban J connectivity index is -0.000000125. The maximum atomic E-state index is 9.60. The van der Waals surface area contributed by atoms with Gasteiger partial charge in [-0.25, -0.2) is 4.79 Å². The third-order valence-electron chi connectivity index (χ3n) is 0.365. The number of rotatable bonds is 1. The van der Waals surface area contributed by atoms with Crippen molar-refractivity contribution < 1.29 is 15.4 Å². The molecule has 42 valence electrons. The second-order valence-corrected chi connectivity index (χ2v) is 1.09. The molecule has 0 fully saturated rings. The van der Waals surface area contributed by atoms with Crippen LogP contribution < -0.4 is 0 Å². The molecule has 0 aliphatic carbocycles. The largest absolute Gasteiger partial charge is 2.00 e. The Bertz CT molecular complexity index is 77.3. The van der Waals surface area contributed by atoms with Gasteiger partial charge in [-0.05, 0) is 6.92 Å². The SMILES string of the molecule is C=C(C)C(=O)O.[Mg+2].[O-2]. The summed E-state index contributed by atoms with van der Waals surface area (Å²) in [4.78, 5) is 9.60. The van der Waals surface area contributed by atoms with Crippen LogP contribution in [0.15, 0.2) is 12.2 Å². The molecule has 0 rings (SSSR count). The quantitative estimate of drug-likeness (QED) is 0.401. The number of carboxylic acids is 1. The van der Waals surface area contributed by atoms with Crippen LogP contribution in [-0.2, 0) is 10.3 Å². The van der Waals surface area contributed by atoms with Gasteiger partial charge in [-0.1, -0.05) is 6.58 Å². The van der Waals surface area contributed by atoms with E-state index in [0.29, 0.717) is 0 Å². The van der Waals surface area contributed by atoms with E-state index in [-0.39, 0.29) is 34.1 Å². The number of carbonyl (C=O) groups is 1. The van der Waals surface area contributed by atoms with Crippen LogP contribution in [0, 0.1) is 0 Å². The van der Waals surface area contributed by atoms with Gasteiger partial charge in [0.2, 0.25) is 0 Å². The minimum absolute atomic E-state index is 0. The zero-order valence-corrected chi connectivity index (χ0v) is 6.09.